The third kappa shape index (κ3) is 4.34. The summed E-state index contributed by atoms with van der Waals surface area (Å²) in [7, 11) is 0. The molecule has 0 aliphatic heterocycles. The number of rotatable bonds is 7. The van der Waals surface area contributed by atoms with Crippen molar-refractivity contribution in [2.45, 2.75) is 45.6 Å². The van der Waals surface area contributed by atoms with Crippen LogP contribution < -0.4 is 5.32 Å². The molecule has 3 rings (SSSR count). The van der Waals surface area contributed by atoms with E-state index in [1.807, 2.05) is 24.3 Å². The Kier molecular flexibility index (Phi) is 4.63. The van der Waals surface area contributed by atoms with Crippen LogP contribution in [0.4, 0.5) is 0 Å². The summed E-state index contributed by atoms with van der Waals surface area (Å²) >= 11 is 5.95. The number of ether oxygens (including phenoxy) is 1. The van der Waals surface area contributed by atoms with Gasteiger partial charge in [0, 0.05) is 11.1 Å². The second-order valence-corrected chi connectivity index (χ2v) is 6.03. The Bertz CT molecular complexity index is 605. The zero-order valence-electron chi connectivity index (χ0n) is 12.2. The first-order valence-electron chi connectivity index (χ1n) is 7.34. The molecule has 0 atom stereocenters. The van der Waals surface area contributed by atoms with Gasteiger partial charge in [-0.2, -0.15) is 0 Å². The maximum atomic E-state index is 5.95. The van der Waals surface area contributed by atoms with Crippen LogP contribution in [0, 0.1) is 6.92 Å². The predicted molar refractivity (Wildman–Crippen MR) is 83.3 cm³/mol. The smallest absolute Gasteiger partial charge is 0.130 e. The molecule has 0 spiro atoms. The van der Waals surface area contributed by atoms with E-state index in [0.717, 1.165) is 28.7 Å². The molecule has 1 aromatic heterocycles. The number of aryl methyl sites for hydroxylation is 1. The van der Waals surface area contributed by atoms with Crippen LogP contribution in [-0.2, 0) is 24.5 Å². The average Bonchev–Trinajstić information content (AvgIpc) is 3.21. The van der Waals surface area contributed by atoms with Crippen molar-refractivity contribution in [2.24, 2.45) is 0 Å². The molecule has 0 unspecified atom stereocenters. The molecule has 1 aliphatic carbocycles. The van der Waals surface area contributed by atoms with E-state index in [2.05, 4.69) is 18.3 Å². The molecular weight excluding hydrogens is 286 g/mol. The van der Waals surface area contributed by atoms with Crippen LogP contribution in [0.1, 0.15) is 35.5 Å². The average molecular weight is 306 g/mol. The van der Waals surface area contributed by atoms with E-state index in [9.17, 15) is 0 Å². The molecular formula is C17H20ClNO2. The normalized spacial score (nSPS) is 14.6. The number of hydrogen-bond donors (Lipinski definition) is 1. The monoisotopic (exact) mass is 305 g/mol. The van der Waals surface area contributed by atoms with Gasteiger partial charge >= 0.3 is 0 Å². The van der Waals surface area contributed by atoms with E-state index in [0.29, 0.717) is 19.3 Å². The maximum absolute atomic E-state index is 5.95. The minimum absolute atomic E-state index is 0.483. The first-order valence-corrected chi connectivity index (χ1v) is 7.72. The van der Waals surface area contributed by atoms with Crippen molar-refractivity contribution < 1.29 is 9.15 Å². The second-order valence-electron chi connectivity index (χ2n) is 5.60. The minimum Gasteiger partial charge on any atom is -0.462 e. The fourth-order valence-electron chi connectivity index (χ4n) is 2.26. The highest BCUT2D eigenvalue weighted by Crippen LogP contribution is 2.21. The van der Waals surface area contributed by atoms with Crippen molar-refractivity contribution in [2.75, 3.05) is 0 Å². The van der Waals surface area contributed by atoms with E-state index < -0.39 is 0 Å². The van der Waals surface area contributed by atoms with Gasteiger partial charge in [-0.3, -0.25) is 0 Å². The molecule has 112 valence electrons. The van der Waals surface area contributed by atoms with Crippen LogP contribution in [0.2, 0.25) is 5.02 Å². The van der Waals surface area contributed by atoms with E-state index in [-0.39, 0.29) is 0 Å². The van der Waals surface area contributed by atoms with Crippen molar-refractivity contribution in [1.82, 2.24) is 5.32 Å². The van der Waals surface area contributed by atoms with E-state index in [1.165, 1.54) is 18.4 Å². The molecule has 1 aliphatic rings. The van der Waals surface area contributed by atoms with Crippen LogP contribution in [0.15, 0.2) is 34.7 Å². The van der Waals surface area contributed by atoms with Gasteiger partial charge in [0.05, 0.1) is 13.2 Å². The highest BCUT2D eigenvalue weighted by atomic mass is 35.5. The van der Waals surface area contributed by atoms with Crippen LogP contribution in [0.5, 0.6) is 0 Å². The molecule has 2 aromatic rings. The van der Waals surface area contributed by atoms with Gasteiger partial charge in [-0.25, -0.2) is 0 Å². The number of nitrogens with one attached hydrogen (secondary N) is 1. The lowest BCUT2D eigenvalue weighted by Gasteiger charge is -2.03. The Hall–Kier alpha value is -1.29. The molecule has 1 heterocycles. The Morgan fingerprint density at radius 2 is 2.14 bits per heavy atom. The van der Waals surface area contributed by atoms with E-state index in [1.54, 1.807) is 0 Å². The fraction of sp³-hybridized carbons (Fsp3) is 0.412. The summed E-state index contributed by atoms with van der Waals surface area (Å²) in [4.78, 5) is 0. The first kappa shape index (κ1) is 14.6. The lowest BCUT2D eigenvalue weighted by Crippen LogP contribution is -2.15. The van der Waals surface area contributed by atoms with Gasteiger partial charge in [0.2, 0.25) is 0 Å². The molecule has 3 nitrogen and oxygen atoms in total. The summed E-state index contributed by atoms with van der Waals surface area (Å²) in [6, 6.07) is 10.5. The van der Waals surface area contributed by atoms with E-state index in [4.69, 9.17) is 20.8 Å². The van der Waals surface area contributed by atoms with E-state index >= 15 is 0 Å². The standard InChI is InChI=1S/C17H20ClNO2/c1-12-7-16(21-17(12)9-19-15-5-6-15)11-20-10-13-3-2-4-14(18)8-13/h2-4,7-8,15,19H,5-6,9-11H2,1H3. The number of hydrogen-bond acceptors (Lipinski definition) is 3. The zero-order chi connectivity index (χ0) is 14.7. The van der Waals surface area contributed by atoms with Crippen molar-refractivity contribution in [1.29, 1.82) is 0 Å². The van der Waals surface area contributed by atoms with Gasteiger partial charge in [-0.1, -0.05) is 23.7 Å². The molecule has 1 saturated carbocycles. The largest absolute Gasteiger partial charge is 0.462 e. The quantitative estimate of drug-likeness (QED) is 0.832. The minimum atomic E-state index is 0.483. The van der Waals surface area contributed by atoms with Crippen LogP contribution in [0.25, 0.3) is 0 Å². The Morgan fingerprint density at radius 3 is 2.90 bits per heavy atom. The van der Waals surface area contributed by atoms with Gasteiger partial charge in [0.15, 0.2) is 0 Å². The summed E-state index contributed by atoms with van der Waals surface area (Å²) in [6.45, 7) is 3.91. The number of furan rings is 1. The van der Waals surface area contributed by atoms with Crippen LogP contribution in [-0.4, -0.2) is 6.04 Å². The number of halogens is 1. The zero-order valence-corrected chi connectivity index (χ0v) is 13.0. The summed E-state index contributed by atoms with van der Waals surface area (Å²) < 4.78 is 11.5. The molecule has 0 radical (unpaired) electrons. The maximum Gasteiger partial charge on any atom is 0.130 e. The lowest BCUT2D eigenvalue weighted by molar-refractivity contribution is 0.0920. The van der Waals surface area contributed by atoms with Crippen molar-refractivity contribution in [3.8, 4) is 0 Å². The molecule has 0 bridgehead atoms. The summed E-state index contributed by atoms with van der Waals surface area (Å²) in [6.07, 6.45) is 2.57. The third-order valence-corrected chi connectivity index (χ3v) is 3.84. The fourth-order valence-corrected chi connectivity index (χ4v) is 2.47. The Morgan fingerprint density at radius 1 is 1.29 bits per heavy atom. The predicted octanol–water partition coefficient (Wildman–Crippen LogP) is 4.21. The topological polar surface area (TPSA) is 34.4 Å². The summed E-state index contributed by atoms with van der Waals surface area (Å²) in [5, 5.41) is 4.20. The van der Waals surface area contributed by atoms with Crippen molar-refractivity contribution in [3.63, 3.8) is 0 Å². The highest BCUT2D eigenvalue weighted by molar-refractivity contribution is 6.30. The van der Waals surface area contributed by atoms with Crippen LogP contribution in [0.3, 0.4) is 0 Å². The molecule has 21 heavy (non-hydrogen) atoms. The van der Waals surface area contributed by atoms with Crippen LogP contribution >= 0.6 is 11.6 Å². The SMILES string of the molecule is Cc1cc(COCc2cccc(Cl)c2)oc1CNC1CC1. The summed E-state index contributed by atoms with van der Waals surface area (Å²) in [5.74, 6) is 1.89. The van der Waals surface area contributed by atoms with Gasteiger partial charge in [-0.15, -0.1) is 0 Å². The molecule has 1 N–H and O–H groups in total. The van der Waals surface area contributed by atoms with Gasteiger partial charge in [0.1, 0.15) is 18.1 Å². The molecule has 0 saturated heterocycles. The molecule has 1 aromatic carbocycles. The summed E-state index contributed by atoms with van der Waals surface area (Å²) in [5.41, 5.74) is 2.26. The van der Waals surface area contributed by atoms with Gasteiger partial charge in [0.25, 0.3) is 0 Å². The Labute approximate surface area is 130 Å². The first-order chi connectivity index (χ1) is 10.2. The third-order valence-electron chi connectivity index (χ3n) is 3.60. The molecule has 0 amide bonds. The van der Waals surface area contributed by atoms with Gasteiger partial charge in [-0.05, 0) is 49.1 Å². The Balaban J connectivity index is 1.49. The lowest BCUT2D eigenvalue weighted by atomic mass is 10.2. The number of benzene rings is 1. The molecule has 1 fully saturated rings. The molecule has 4 heteroatoms. The highest BCUT2D eigenvalue weighted by Gasteiger charge is 2.21. The second kappa shape index (κ2) is 6.65. The van der Waals surface area contributed by atoms with Crippen molar-refractivity contribution >= 4 is 11.6 Å². The van der Waals surface area contributed by atoms with Crippen molar-refractivity contribution in [3.05, 3.63) is 58.0 Å². The van der Waals surface area contributed by atoms with Gasteiger partial charge < -0.3 is 14.5 Å².